The third-order valence-corrected chi connectivity index (χ3v) is 2.56. The Balaban J connectivity index is 2.03. The lowest BCUT2D eigenvalue weighted by Crippen LogP contribution is -2.21. The van der Waals surface area contributed by atoms with Crippen LogP contribution in [0, 0.1) is 0 Å². The summed E-state index contributed by atoms with van der Waals surface area (Å²) in [4.78, 5) is 0. The lowest BCUT2D eigenvalue weighted by molar-refractivity contribution is 0.341. The summed E-state index contributed by atoms with van der Waals surface area (Å²) < 4.78 is 11.0. The summed E-state index contributed by atoms with van der Waals surface area (Å²) in [5, 5.41) is 14.2. The zero-order valence-electron chi connectivity index (χ0n) is 12.0. The minimum atomic E-state index is 0.359. The second kappa shape index (κ2) is 6.91. The van der Waals surface area contributed by atoms with Crippen LogP contribution < -0.4 is 15.4 Å². The molecule has 0 atom stereocenters. The number of rotatable bonds is 7. The Bertz CT molecular complexity index is 539. The van der Waals surface area contributed by atoms with Gasteiger partial charge in [-0.15, -0.1) is 5.10 Å². The Hall–Kier alpha value is -2.08. The number of nitrogens with one attached hydrogen (secondary N) is 2. The second-order valence-electron chi connectivity index (χ2n) is 4.59. The highest BCUT2D eigenvalue weighted by Crippen LogP contribution is 2.26. The van der Waals surface area contributed by atoms with Gasteiger partial charge in [0.15, 0.2) is 0 Å². The third kappa shape index (κ3) is 3.96. The van der Waals surface area contributed by atoms with Crippen molar-refractivity contribution in [1.82, 2.24) is 15.5 Å². The molecular weight excluding hydrogens is 256 g/mol. The summed E-state index contributed by atoms with van der Waals surface area (Å²) in [6.07, 6.45) is 0. The molecule has 0 unspecified atom stereocenters. The van der Waals surface area contributed by atoms with E-state index in [2.05, 4.69) is 34.7 Å². The third-order valence-electron chi connectivity index (χ3n) is 2.56. The van der Waals surface area contributed by atoms with Gasteiger partial charge in [0.05, 0.1) is 18.8 Å². The molecule has 0 amide bonds. The van der Waals surface area contributed by atoms with Crippen LogP contribution in [0.15, 0.2) is 28.7 Å². The summed E-state index contributed by atoms with van der Waals surface area (Å²) >= 11 is 0. The van der Waals surface area contributed by atoms with E-state index in [4.69, 9.17) is 9.15 Å². The molecule has 0 fully saturated rings. The molecular formula is C14H20N4O2. The number of anilines is 2. The van der Waals surface area contributed by atoms with Gasteiger partial charge in [0, 0.05) is 6.04 Å². The number of hydrogen-bond acceptors (Lipinski definition) is 6. The van der Waals surface area contributed by atoms with E-state index >= 15 is 0 Å². The van der Waals surface area contributed by atoms with Gasteiger partial charge in [-0.05, 0) is 19.1 Å². The van der Waals surface area contributed by atoms with E-state index in [-0.39, 0.29) is 0 Å². The lowest BCUT2D eigenvalue weighted by atomic mass is 10.3. The van der Waals surface area contributed by atoms with Gasteiger partial charge in [-0.1, -0.05) is 31.1 Å². The highest BCUT2D eigenvalue weighted by atomic mass is 16.5. The number of aromatic nitrogens is 2. The van der Waals surface area contributed by atoms with Crippen molar-refractivity contribution < 1.29 is 9.15 Å². The lowest BCUT2D eigenvalue weighted by Gasteiger charge is -2.09. The maximum Gasteiger partial charge on any atom is 0.320 e. The van der Waals surface area contributed by atoms with E-state index < -0.39 is 0 Å². The molecule has 0 aliphatic heterocycles. The highest BCUT2D eigenvalue weighted by molar-refractivity contribution is 5.61. The van der Waals surface area contributed by atoms with Gasteiger partial charge >= 0.3 is 6.01 Å². The molecule has 2 N–H and O–H groups in total. The molecule has 0 aliphatic carbocycles. The smallest absolute Gasteiger partial charge is 0.320 e. The Morgan fingerprint density at radius 3 is 2.80 bits per heavy atom. The molecule has 0 bridgehead atoms. The Morgan fingerprint density at radius 1 is 1.25 bits per heavy atom. The summed E-state index contributed by atoms with van der Waals surface area (Å²) in [6, 6.07) is 8.37. The minimum absolute atomic E-state index is 0.359. The van der Waals surface area contributed by atoms with Crippen molar-refractivity contribution in [1.29, 1.82) is 0 Å². The number of para-hydroxylation sites is 2. The van der Waals surface area contributed by atoms with Crippen LogP contribution in [-0.4, -0.2) is 22.8 Å². The van der Waals surface area contributed by atoms with Crippen LogP contribution in [0.4, 0.5) is 11.7 Å². The predicted molar refractivity (Wildman–Crippen MR) is 77.2 cm³/mol. The fourth-order valence-corrected chi connectivity index (χ4v) is 1.63. The van der Waals surface area contributed by atoms with Crippen molar-refractivity contribution in [2.45, 2.75) is 33.4 Å². The second-order valence-corrected chi connectivity index (χ2v) is 4.59. The monoisotopic (exact) mass is 276 g/mol. The van der Waals surface area contributed by atoms with Gasteiger partial charge in [-0.3, -0.25) is 0 Å². The summed E-state index contributed by atoms with van der Waals surface area (Å²) in [5.74, 6) is 1.31. The normalized spacial score (nSPS) is 10.8. The summed E-state index contributed by atoms with van der Waals surface area (Å²) in [6.45, 7) is 7.23. The molecule has 2 aromatic rings. The summed E-state index contributed by atoms with van der Waals surface area (Å²) in [5.41, 5.74) is 0.807. The van der Waals surface area contributed by atoms with E-state index in [9.17, 15) is 0 Å². The molecule has 0 spiro atoms. The number of hydrogen-bond donors (Lipinski definition) is 2. The van der Waals surface area contributed by atoms with Crippen LogP contribution in [0.3, 0.4) is 0 Å². The molecule has 0 saturated carbocycles. The van der Waals surface area contributed by atoms with E-state index in [1.165, 1.54) is 0 Å². The molecule has 6 nitrogen and oxygen atoms in total. The maximum absolute atomic E-state index is 5.53. The van der Waals surface area contributed by atoms with Crippen molar-refractivity contribution in [3.8, 4) is 5.75 Å². The first-order chi connectivity index (χ1) is 9.69. The minimum Gasteiger partial charge on any atom is -0.492 e. The first-order valence-corrected chi connectivity index (χ1v) is 6.73. The zero-order chi connectivity index (χ0) is 14.4. The van der Waals surface area contributed by atoms with Gasteiger partial charge in [0.2, 0.25) is 5.89 Å². The largest absolute Gasteiger partial charge is 0.492 e. The van der Waals surface area contributed by atoms with Gasteiger partial charge in [-0.25, -0.2) is 0 Å². The molecule has 20 heavy (non-hydrogen) atoms. The fraction of sp³-hybridized carbons (Fsp3) is 0.429. The van der Waals surface area contributed by atoms with Crippen molar-refractivity contribution in [2.24, 2.45) is 0 Å². The van der Waals surface area contributed by atoms with Crippen LogP contribution in [0.1, 0.15) is 26.7 Å². The van der Waals surface area contributed by atoms with Crippen molar-refractivity contribution in [2.75, 3.05) is 11.9 Å². The molecule has 0 saturated heterocycles. The van der Waals surface area contributed by atoms with Gasteiger partial charge in [0.25, 0.3) is 0 Å². The zero-order valence-corrected chi connectivity index (χ0v) is 12.0. The average molecular weight is 276 g/mol. The molecule has 6 heteroatoms. The van der Waals surface area contributed by atoms with E-state index in [1.807, 2.05) is 31.2 Å². The fourth-order valence-electron chi connectivity index (χ4n) is 1.63. The molecule has 0 aliphatic rings. The predicted octanol–water partition coefficient (Wildman–Crippen LogP) is 2.71. The average Bonchev–Trinajstić information content (AvgIpc) is 2.87. The van der Waals surface area contributed by atoms with Crippen LogP contribution >= 0.6 is 0 Å². The van der Waals surface area contributed by atoms with E-state index in [0.717, 1.165) is 11.4 Å². The standard InChI is InChI=1S/C14H20N4O2/c1-4-19-12-8-6-5-7-11(12)16-14-18-17-13(20-14)9-15-10(2)3/h5-8,10,15H,4,9H2,1-3H3,(H,16,18). The van der Waals surface area contributed by atoms with E-state index in [0.29, 0.717) is 31.1 Å². The Labute approximate surface area is 118 Å². The highest BCUT2D eigenvalue weighted by Gasteiger charge is 2.09. The van der Waals surface area contributed by atoms with Crippen molar-refractivity contribution >= 4 is 11.7 Å². The van der Waals surface area contributed by atoms with Crippen LogP contribution in [0.2, 0.25) is 0 Å². The van der Waals surface area contributed by atoms with Crippen LogP contribution in [0.5, 0.6) is 5.75 Å². The Morgan fingerprint density at radius 2 is 2.05 bits per heavy atom. The molecule has 1 aromatic heterocycles. The first-order valence-electron chi connectivity index (χ1n) is 6.73. The van der Waals surface area contributed by atoms with Crippen molar-refractivity contribution in [3.63, 3.8) is 0 Å². The molecule has 1 aromatic carbocycles. The molecule has 0 radical (unpaired) electrons. The number of ether oxygens (including phenoxy) is 1. The topological polar surface area (TPSA) is 72.2 Å². The van der Waals surface area contributed by atoms with Crippen LogP contribution in [0.25, 0.3) is 0 Å². The van der Waals surface area contributed by atoms with Gasteiger partial charge in [0.1, 0.15) is 5.75 Å². The Kier molecular flexibility index (Phi) is 4.95. The molecule has 2 rings (SSSR count). The van der Waals surface area contributed by atoms with Gasteiger partial charge < -0.3 is 19.8 Å². The number of benzene rings is 1. The first kappa shape index (κ1) is 14.3. The van der Waals surface area contributed by atoms with E-state index in [1.54, 1.807) is 0 Å². The molecule has 108 valence electrons. The number of nitrogens with zero attached hydrogens (tertiary/aromatic N) is 2. The van der Waals surface area contributed by atoms with Gasteiger partial charge in [-0.2, -0.15) is 0 Å². The molecule has 1 heterocycles. The van der Waals surface area contributed by atoms with Crippen molar-refractivity contribution in [3.05, 3.63) is 30.2 Å². The maximum atomic E-state index is 5.53. The van der Waals surface area contributed by atoms with Crippen LogP contribution in [-0.2, 0) is 6.54 Å². The quantitative estimate of drug-likeness (QED) is 0.810. The SMILES string of the molecule is CCOc1ccccc1Nc1nnc(CNC(C)C)o1. The summed E-state index contributed by atoms with van der Waals surface area (Å²) in [7, 11) is 0.